The van der Waals surface area contributed by atoms with Crippen LogP contribution in [-0.4, -0.2) is 57.4 Å². The number of imidazole rings is 1. The lowest BCUT2D eigenvalue weighted by Crippen LogP contribution is -2.48. The molecule has 2 aliphatic heterocycles. The van der Waals surface area contributed by atoms with Crippen molar-refractivity contribution in [1.29, 1.82) is 0 Å². The summed E-state index contributed by atoms with van der Waals surface area (Å²) in [5, 5.41) is 0. The van der Waals surface area contributed by atoms with Gasteiger partial charge in [-0.05, 0) is 30.7 Å². The number of anilines is 1. The number of nitrogens with zero attached hydrogens (tertiary/aromatic N) is 6. The molecule has 2 atom stereocenters. The van der Waals surface area contributed by atoms with Gasteiger partial charge in [0.25, 0.3) is 0 Å². The van der Waals surface area contributed by atoms with E-state index < -0.39 is 11.7 Å². The highest BCUT2D eigenvalue weighted by atomic mass is 19.4. The largest absolute Gasteiger partial charge is 0.417 e. The van der Waals surface area contributed by atoms with E-state index in [1.807, 2.05) is 24.1 Å². The van der Waals surface area contributed by atoms with Crippen molar-refractivity contribution in [2.45, 2.75) is 25.3 Å². The molecular formula is C21H19F3N6O. The van der Waals surface area contributed by atoms with E-state index in [1.165, 1.54) is 16.7 Å². The summed E-state index contributed by atoms with van der Waals surface area (Å²) in [7, 11) is 0. The van der Waals surface area contributed by atoms with Gasteiger partial charge in [0, 0.05) is 25.2 Å². The lowest BCUT2D eigenvalue weighted by atomic mass is 10.1. The Bertz CT molecular complexity index is 1190. The van der Waals surface area contributed by atoms with Gasteiger partial charge in [0.15, 0.2) is 0 Å². The molecule has 31 heavy (non-hydrogen) atoms. The quantitative estimate of drug-likeness (QED) is 0.640. The second-order valence-electron chi connectivity index (χ2n) is 7.57. The molecule has 0 radical (unpaired) electrons. The third-order valence-electron chi connectivity index (χ3n) is 5.33. The topological polar surface area (TPSA) is 67.9 Å². The first kappa shape index (κ1) is 19.7. The minimum atomic E-state index is -4.44. The third-order valence-corrected chi connectivity index (χ3v) is 5.33. The Morgan fingerprint density at radius 3 is 2.77 bits per heavy atom. The van der Waals surface area contributed by atoms with Gasteiger partial charge in [0.2, 0.25) is 5.95 Å². The van der Waals surface area contributed by atoms with Crippen molar-refractivity contribution in [1.82, 2.24) is 19.4 Å². The lowest BCUT2D eigenvalue weighted by Gasteiger charge is -2.37. The van der Waals surface area contributed by atoms with Crippen LogP contribution in [0.25, 0.3) is 17.0 Å². The molecule has 0 aromatic carbocycles. The van der Waals surface area contributed by atoms with Crippen molar-refractivity contribution in [2.24, 2.45) is 4.99 Å². The summed E-state index contributed by atoms with van der Waals surface area (Å²) in [5.41, 5.74) is 1.66. The van der Waals surface area contributed by atoms with E-state index in [0.29, 0.717) is 42.6 Å². The van der Waals surface area contributed by atoms with Crippen LogP contribution in [0.3, 0.4) is 0 Å². The first-order chi connectivity index (χ1) is 14.9. The zero-order valence-electron chi connectivity index (χ0n) is 16.6. The normalized spacial score (nSPS) is 21.7. The van der Waals surface area contributed by atoms with Gasteiger partial charge in [-0.15, -0.1) is 0 Å². The maximum absolute atomic E-state index is 13.2. The van der Waals surface area contributed by atoms with E-state index in [-0.39, 0.29) is 12.2 Å². The summed E-state index contributed by atoms with van der Waals surface area (Å²) < 4.78 is 47.0. The summed E-state index contributed by atoms with van der Waals surface area (Å²) in [6.45, 7) is 3.81. The van der Waals surface area contributed by atoms with E-state index in [9.17, 15) is 13.2 Å². The predicted molar refractivity (Wildman–Crippen MR) is 109 cm³/mol. The molecule has 0 aliphatic carbocycles. The highest BCUT2D eigenvalue weighted by molar-refractivity contribution is 5.82. The molecule has 7 nitrogen and oxygen atoms in total. The Kier molecular flexibility index (Phi) is 4.73. The van der Waals surface area contributed by atoms with E-state index in [2.05, 4.69) is 19.9 Å². The Morgan fingerprint density at radius 2 is 2.00 bits per heavy atom. The number of rotatable bonds is 3. The molecule has 5 heterocycles. The summed E-state index contributed by atoms with van der Waals surface area (Å²) >= 11 is 0. The minimum absolute atomic E-state index is 0.0361. The van der Waals surface area contributed by atoms with Gasteiger partial charge >= 0.3 is 6.18 Å². The zero-order chi connectivity index (χ0) is 21.6. The Hall–Kier alpha value is -3.27. The fraction of sp³-hybridized carbons (Fsp3) is 0.333. The summed E-state index contributed by atoms with van der Waals surface area (Å²) in [5.74, 6) is 0.495. The van der Waals surface area contributed by atoms with Crippen molar-refractivity contribution in [3.05, 3.63) is 54.0 Å². The van der Waals surface area contributed by atoms with Gasteiger partial charge in [0.1, 0.15) is 11.8 Å². The number of alkyl halides is 3. The highest BCUT2D eigenvalue weighted by Crippen LogP contribution is 2.31. The SMILES string of the molecule is C[C@H]1CN(c2nccc(-c3cnc4ccc(C(F)(F)F)cn34)n2)C[C@H](C2=CCN=C2)O1. The van der Waals surface area contributed by atoms with Gasteiger partial charge < -0.3 is 9.64 Å². The first-order valence-corrected chi connectivity index (χ1v) is 9.86. The molecule has 1 saturated heterocycles. The molecule has 3 aromatic rings. The first-order valence-electron chi connectivity index (χ1n) is 9.86. The van der Waals surface area contributed by atoms with E-state index in [4.69, 9.17) is 4.74 Å². The molecule has 0 unspecified atom stereocenters. The predicted octanol–water partition coefficient (Wildman–Crippen LogP) is 3.41. The van der Waals surface area contributed by atoms with Crippen LogP contribution in [0.5, 0.6) is 0 Å². The second kappa shape index (κ2) is 7.45. The van der Waals surface area contributed by atoms with Crippen LogP contribution >= 0.6 is 0 Å². The molecule has 0 N–H and O–H groups in total. The average molecular weight is 428 g/mol. The van der Waals surface area contributed by atoms with Gasteiger partial charge in [-0.25, -0.2) is 15.0 Å². The smallest absolute Gasteiger partial charge is 0.367 e. The van der Waals surface area contributed by atoms with Crippen LogP contribution in [0.2, 0.25) is 0 Å². The number of aliphatic imine (C=N–C) groups is 1. The van der Waals surface area contributed by atoms with Crippen molar-refractivity contribution in [3.8, 4) is 11.4 Å². The molecular weight excluding hydrogens is 409 g/mol. The molecule has 5 rings (SSSR count). The molecule has 10 heteroatoms. The van der Waals surface area contributed by atoms with Crippen molar-refractivity contribution < 1.29 is 17.9 Å². The number of hydrogen-bond donors (Lipinski definition) is 0. The molecule has 0 saturated carbocycles. The Labute approximate surface area is 175 Å². The highest BCUT2D eigenvalue weighted by Gasteiger charge is 2.32. The van der Waals surface area contributed by atoms with Crippen LogP contribution < -0.4 is 4.90 Å². The molecule has 0 amide bonds. The standard InChI is InChI=1S/C21H19F3N6O/c1-13-10-29(12-18(31-13)14-4-6-25-8-14)20-26-7-5-16(28-20)17-9-27-19-3-2-15(11-30(17)19)21(22,23)24/h2-5,7-9,11,13,18H,6,10,12H2,1H3/t13-,18+/m0/s1. The van der Waals surface area contributed by atoms with Crippen LogP contribution in [0, 0.1) is 0 Å². The zero-order valence-corrected chi connectivity index (χ0v) is 16.6. The van der Waals surface area contributed by atoms with E-state index in [1.54, 1.807) is 12.3 Å². The number of hydrogen-bond acceptors (Lipinski definition) is 6. The van der Waals surface area contributed by atoms with Crippen LogP contribution in [0.4, 0.5) is 19.1 Å². The van der Waals surface area contributed by atoms with Crippen molar-refractivity contribution in [2.75, 3.05) is 24.5 Å². The average Bonchev–Trinajstić information content (AvgIpc) is 3.42. The number of pyridine rings is 1. The fourth-order valence-electron chi connectivity index (χ4n) is 3.86. The van der Waals surface area contributed by atoms with Gasteiger partial charge in [0.05, 0.1) is 42.3 Å². The van der Waals surface area contributed by atoms with Gasteiger partial charge in [-0.1, -0.05) is 6.08 Å². The third kappa shape index (κ3) is 3.78. The fourth-order valence-corrected chi connectivity index (χ4v) is 3.86. The monoisotopic (exact) mass is 428 g/mol. The number of halogens is 3. The maximum Gasteiger partial charge on any atom is 0.417 e. The Balaban J connectivity index is 1.48. The summed E-state index contributed by atoms with van der Waals surface area (Å²) in [6.07, 6.45) is 3.42. The molecule has 2 aliphatic rings. The van der Waals surface area contributed by atoms with Gasteiger partial charge in [-0.2, -0.15) is 13.2 Å². The molecule has 0 bridgehead atoms. The minimum Gasteiger partial charge on any atom is -0.367 e. The van der Waals surface area contributed by atoms with Crippen molar-refractivity contribution in [3.63, 3.8) is 0 Å². The summed E-state index contributed by atoms with van der Waals surface area (Å²) in [6, 6.07) is 4.04. The molecule has 0 spiro atoms. The summed E-state index contributed by atoms with van der Waals surface area (Å²) in [4.78, 5) is 19.5. The molecule has 1 fully saturated rings. The number of fused-ring (bicyclic) bond motifs is 1. The van der Waals surface area contributed by atoms with Crippen LogP contribution in [0.1, 0.15) is 12.5 Å². The van der Waals surface area contributed by atoms with Gasteiger partial charge in [-0.3, -0.25) is 9.39 Å². The van der Waals surface area contributed by atoms with Crippen molar-refractivity contribution >= 4 is 17.8 Å². The molecule has 3 aromatic heterocycles. The maximum atomic E-state index is 13.2. The van der Waals surface area contributed by atoms with Crippen LogP contribution in [0.15, 0.2) is 53.4 Å². The number of aromatic nitrogens is 4. The second-order valence-corrected chi connectivity index (χ2v) is 7.57. The van der Waals surface area contributed by atoms with E-state index >= 15 is 0 Å². The van der Waals surface area contributed by atoms with E-state index in [0.717, 1.165) is 17.8 Å². The molecule has 160 valence electrons. The van der Waals surface area contributed by atoms with Crippen LogP contribution in [-0.2, 0) is 10.9 Å². The Morgan fingerprint density at radius 1 is 1.13 bits per heavy atom. The number of morpholine rings is 1. The lowest BCUT2D eigenvalue weighted by molar-refractivity contribution is -0.137. The number of ether oxygens (including phenoxy) is 1.